The summed E-state index contributed by atoms with van der Waals surface area (Å²) < 4.78 is 4.89. The van der Waals surface area contributed by atoms with Gasteiger partial charge in [0.25, 0.3) is 0 Å². The molecular weight excluding hydrogens is 230 g/mol. The number of hydrogen-bond donors (Lipinski definition) is 1. The van der Waals surface area contributed by atoms with E-state index in [0.29, 0.717) is 6.61 Å². The molecule has 1 fully saturated rings. The van der Waals surface area contributed by atoms with Gasteiger partial charge in [0, 0.05) is 44.0 Å². The molecular formula is C13H15N3O2. The van der Waals surface area contributed by atoms with E-state index < -0.39 is 0 Å². The summed E-state index contributed by atoms with van der Waals surface area (Å²) in [5.41, 5.74) is 1.86. The van der Waals surface area contributed by atoms with Crippen molar-refractivity contribution in [2.24, 2.45) is 0 Å². The SMILES string of the molecule is O=C1C=C(c2ccc(N3CCNCC3)nc2)CO1. The molecule has 0 unspecified atom stereocenters. The molecule has 94 valence electrons. The number of anilines is 1. The van der Waals surface area contributed by atoms with Crippen molar-refractivity contribution in [2.75, 3.05) is 37.7 Å². The van der Waals surface area contributed by atoms with Crippen LogP contribution in [0.3, 0.4) is 0 Å². The monoisotopic (exact) mass is 245 g/mol. The third kappa shape index (κ3) is 2.22. The molecule has 2 aliphatic heterocycles. The Bertz CT molecular complexity index is 476. The minimum Gasteiger partial charge on any atom is -0.458 e. The number of nitrogens with one attached hydrogen (secondary N) is 1. The molecule has 0 atom stereocenters. The van der Waals surface area contributed by atoms with E-state index >= 15 is 0 Å². The molecule has 3 rings (SSSR count). The molecule has 3 heterocycles. The minimum absolute atomic E-state index is 0.267. The fourth-order valence-electron chi connectivity index (χ4n) is 2.20. The first-order valence-electron chi connectivity index (χ1n) is 6.12. The van der Waals surface area contributed by atoms with Crippen LogP contribution in [0.25, 0.3) is 5.57 Å². The Balaban J connectivity index is 1.76. The van der Waals surface area contributed by atoms with E-state index in [0.717, 1.165) is 43.1 Å². The lowest BCUT2D eigenvalue weighted by molar-refractivity contribution is -0.134. The summed E-state index contributed by atoms with van der Waals surface area (Å²) >= 11 is 0. The van der Waals surface area contributed by atoms with Crippen molar-refractivity contribution in [1.82, 2.24) is 10.3 Å². The van der Waals surface area contributed by atoms with Gasteiger partial charge in [-0.05, 0) is 17.7 Å². The molecule has 0 aliphatic carbocycles. The fourth-order valence-corrected chi connectivity index (χ4v) is 2.20. The average Bonchev–Trinajstić information content (AvgIpc) is 2.87. The van der Waals surface area contributed by atoms with E-state index in [1.54, 1.807) is 0 Å². The van der Waals surface area contributed by atoms with Crippen LogP contribution in [-0.4, -0.2) is 43.7 Å². The summed E-state index contributed by atoms with van der Waals surface area (Å²) in [6.07, 6.45) is 3.34. The van der Waals surface area contributed by atoms with Gasteiger partial charge in [-0.3, -0.25) is 0 Å². The van der Waals surface area contributed by atoms with E-state index in [2.05, 4.69) is 15.2 Å². The van der Waals surface area contributed by atoms with Crippen LogP contribution in [0.5, 0.6) is 0 Å². The Kier molecular flexibility index (Phi) is 2.98. The van der Waals surface area contributed by atoms with Crippen LogP contribution in [-0.2, 0) is 9.53 Å². The third-order valence-corrected chi connectivity index (χ3v) is 3.22. The van der Waals surface area contributed by atoms with Crippen LogP contribution in [0, 0.1) is 0 Å². The van der Waals surface area contributed by atoms with Gasteiger partial charge in [-0.25, -0.2) is 9.78 Å². The molecule has 18 heavy (non-hydrogen) atoms. The van der Waals surface area contributed by atoms with Gasteiger partial charge in [0.1, 0.15) is 12.4 Å². The molecule has 1 aromatic rings. The summed E-state index contributed by atoms with van der Waals surface area (Å²) in [5.74, 6) is 0.724. The van der Waals surface area contributed by atoms with Gasteiger partial charge < -0.3 is 15.0 Å². The molecule has 1 saturated heterocycles. The maximum Gasteiger partial charge on any atom is 0.331 e. The van der Waals surface area contributed by atoms with Crippen molar-refractivity contribution < 1.29 is 9.53 Å². The van der Waals surface area contributed by atoms with E-state index in [4.69, 9.17) is 4.74 Å². The van der Waals surface area contributed by atoms with Gasteiger partial charge >= 0.3 is 5.97 Å². The number of carbonyl (C=O) groups excluding carboxylic acids is 1. The smallest absolute Gasteiger partial charge is 0.331 e. The van der Waals surface area contributed by atoms with Crippen LogP contribution in [0.2, 0.25) is 0 Å². The maximum atomic E-state index is 11.0. The standard InChI is InChI=1S/C13H15N3O2/c17-13-7-11(9-18-13)10-1-2-12(15-8-10)16-5-3-14-4-6-16/h1-2,7-8,14H,3-6,9H2. The lowest BCUT2D eigenvalue weighted by Crippen LogP contribution is -2.43. The van der Waals surface area contributed by atoms with Crippen molar-refractivity contribution in [3.8, 4) is 0 Å². The van der Waals surface area contributed by atoms with Crippen LogP contribution < -0.4 is 10.2 Å². The number of hydrogen-bond acceptors (Lipinski definition) is 5. The van der Waals surface area contributed by atoms with Gasteiger partial charge in [-0.2, -0.15) is 0 Å². The molecule has 1 N–H and O–H groups in total. The van der Waals surface area contributed by atoms with E-state index in [1.165, 1.54) is 6.08 Å². The normalized spacial score (nSPS) is 19.7. The molecule has 0 bridgehead atoms. The molecule has 0 spiro atoms. The highest BCUT2D eigenvalue weighted by Gasteiger charge is 2.16. The van der Waals surface area contributed by atoms with E-state index in [1.807, 2.05) is 18.3 Å². The number of aromatic nitrogens is 1. The summed E-state index contributed by atoms with van der Waals surface area (Å²) in [5, 5.41) is 3.31. The predicted octanol–water partition coefficient (Wildman–Crippen LogP) is 0.431. The number of piperazine rings is 1. The number of rotatable bonds is 2. The van der Waals surface area contributed by atoms with Crippen molar-refractivity contribution in [3.63, 3.8) is 0 Å². The molecule has 0 aromatic carbocycles. The molecule has 0 saturated carbocycles. The topological polar surface area (TPSA) is 54.5 Å². The summed E-state index contributed by atoms with van der Waals surface area (Å²) in [6, 6.07) is 4.00. The summed E-state index contributed by atoms with van der Waals surface area (Å²) in [7, 11) is 0. The van der Waals surface area contributed by atoms with Crippen molar-refractivity contribution >= 4 is 17.4 Å². The summed E-state index contributed by atoms with van der Waals surface area (Å²) in [4.78, 5) is 17.7. The van der Waals surface area contributed by atoms with Gasteiger partial charge in [0.2, 0.25) is 0 Å². The average molecular weight is 245 g/mol. The van der Waals surface area contributed by atoms with Crippen LogP contribution in [0.15, 0.2) is 24.4 Å². The maximum absolute atomic E-state index is 11.0. The lowest BCUT2D eigenvalue weighted by atomic mass is 10.1. The fraction of sp³-hybridized carbons (Fsp3) is 0.385. The van der Waals surface area contributed by atoms with Gasteiger partial charge in [0.15, 0.2) is 0 Å². The van der Waals surface area contributed by atoms with Crippen molar-refractivity contribution in [3.05, 3.63) is 30.0 Å². The number of nitrogens with zero attached hydrogens (tertiary/aromatic N) is 2. The highest BCUT2D eigenvalue weighted by molar-refractivity contribution is 5.95. The Labute approximate surface area is 105 Å². The first kappa shape index (κ1) is 11.2. The van der Waals surface area contributed by atoms with E-state index in [-0.39, 0.29) is 5.97 Å². The Hall–Kier alpha value is -1.88. The molecule has 0 radical (unpaired) electrons. The highest BCUT2D eigenvalue weighted by Crippen LogP contribution is 2.21. The molecule has 2 aliphatic rings. The quantitative estimate of drug-likeness (QED) is 0.766. The zero-order valence-electron chi connectivity index (χ0n) is 10.1. The van der Waals surface area contributed by atoms with Crippen LogP contribution >= 0.6 is 0 Å². The van der Waals surface area contributed by atoms with Gasteiger partial charge in [0.05, 0.1) is 0 Å². The number of carbonyl (C=O) groups is 1. The van der Waals surface area contributed by atoms with Gasteiger partial charge in [-0.15, -0.1) is 0 Å². The minimum atomic E-state index is -0.267. The predicted molar refractivity (Wildman–Crippen MR) is 68.3 cm³/mol. The first-order chi connectivity index (χ1) is 8.83. The van der Waals surface area contributed by atoms with Gasteiger partial charge in [-0.1, -0.05) is 0 Å². The highest BCUT2D eigenvalue weighted by atomic mass is 16.5. The number of cyclic esters (lactones) is 1. The van der Waals surface area contributed by atoms with Crippen molar-refractivity contribution in [2.45, 2.75) is 0 Å². The second-order valence-electron chi connectivity index (χ2n) is 4.42. The molecule has 5 heteroatoms. The number of pyridine rings is 1. The number of ether oxygens (including phenoxy) is 1. The second-order valence-corrected chi connectivity index (χ2v) is 4.42. The zero-order chi connectivity index (χ0) is 12.4. The zero-order valence-corrected chi connectivity index (χ0v) is 10.1. The molecule has 5 nitrogen and oxygen atoms in total. The third-order valence-electron chi connectivity index (χ3n) is 3.22. The Morgan fingerprint density at radius 1 is 1.28 bits per heavy atom. The van der Waals surface area contributed by atoms with Crippen LogP contribution in [0.4, 0.5) is 5.82 Å². The van der Waals surface area contributed by atoms with Crippen LogP contribution in [0.1, 0.15) is 5.56 Å². The first-order valence-corrected chi connectivity index (χ1v) is 6.12. The molecule has 1 aromatic heterocycles. The van der Waals surface area contributed by atoms with Crippen molar-refractivity contribution in [1.29, 1.82) is 0 Å². The second kappa shape index (κ2) is 4.78. The van der Waals surface area contributed by atoms with E-state index in [9.17, 15) is 4.79 Å². The Morgan fingerprint density at radius 3 is 2.72 bits per heavy atom. The largest absolute Gasteiger partial charge is 0.458 e. The Morgan fingerprint density at radius 2 is 2.11 bits per heavy atom. The lowest BCUT2D eigenvalue weighted by Gasteiger charge is -2.28. The number of esters is 1. The summed E-state index contributed by atoms with van der Waals surface area (Å²) in [6.45, 7) is 4.31. The molecule has 0 amide bonds.